The Morgan fingerprint density at radius 2 is 1.97 bits per heavy atom. The summed E-state index contributed by atoms with van der Waals surface area (Å²) in [5.74, 6) is 1.13. The number of rotatable bonds is 6. The molecule has 1 aromatic heterocycles. The fraction of sp³-hybridized carbons (Fsp3) is 0.217. The third kappa shape index (κ3) is 4.52. The second kappa shape index (κ2) is 9.09. The van der Waals surface area contributed by atoms with E-state index in [0.29, 0.717) is 18.7 Å². The summed E-state index contributed by atoms with van der Waals surface area (Å²) in [5, 5.41) is 2.77. The molecule has 6 nitrogen and oxygen atoms in total. The highest BCUT2D eigenvalue weighted by molar-refractivity contribution is 7.99. The molecule has 1 aliphatic rings. The Morgan fingerprint density at radius 1 is 1.17 bits per heavy atom. The van der Waals surface area contributed by atoms with Crippen molar-refractivity contribution >= 4 is 29.3 Å². The van der Waals surface area contributed by atoms with E-state index in [1.54, 1.807) is 42.2 Å². The Balaban J connectivity index is 1.53. The first-order valence-electron chi connectivity index (χ1n) is 9.63. The molecule has 0 bridgehead atoms. The number of carbonyl (C=O) groups is 2. The number of ether oxygens (including phenoxy) is 1. The van der Waals surface area contributed by atoms with Crippen molar-refractivity contribution in [1.82, 2.24) is 5.32 Å². The second-order valence-corrected chi connectivity index (χ2v) is 8.13. The van der Waals surface area contributed by atoms with Crippen molar-refractivity contribution in [1.29, 1.82) is 0 Å². The molecular formula is C23H22N2O4S. The number of furan rings is 1. The Bertz CT molecular complexity index is 1020. The van der Waals surface area contributed by atoms with Gasteiger partial charge in [-0.25, -0.2) is 0 Å². The van der Waals surface area contributed by atoms with E-state index >= 15 is 0 Å². The molecule has 2 heterocycles. The molecule has 0 aliphatic carbocycles. The summed E-state index contributed by atoms with van der Waals surface area (Å²) in [6, 6.07) is 19.0. The summed E-state index contributed by atoms with van der Waals surface area (Å²) in [6.45, 7) is 0.255. The predicted molar refractivity (Wildman–Crippen MR) is 116 cm³/mol. The van der Waals surface area contributed by atoms with Crippen LogP contribution in [0, 0.1) is 0 Å². The van der Waals surface area contributed by atoms with Gasteiger partial charge in [-0.1, -0.05) is 24.3 Å². The van der Waals surface area contributed by atoms with Gasteiger partial charge in [0.15, 0.2) is 0 Å². The minimum atomic E-state index is -0.234. The summed E-state index contributed by atoms with van der Waals surface area (Å²) in [7, 11) is 1.63. The monoisotopic (exact) mass is 422 g/mol. The van der Waals surface area contributed by atoms with E-state index in [2.05, 4.69) is 5.32 Å². The van der Waals surface area contributed by atoms with Gasteiger partial charge in [-0.05, 0) is 42.0 Å². The molecule has 3 aromatic rings. The van der Waals surface area contributed by atoms with Gasteiger partial charge < -0.3 is 19.4 Å². The number of nitrogens with zero attached hydrogens (tertiary/aromatic N) is 1. The zero-order valence-electron chi connectivity index (χ0n) is 16.5. The summed E-state index contributed by atoms with van der Waals surface area (Å²) in [4.78, 5) is 28.2. The zero-order chi connectivity index (χ0) is 20.9. The van der Waals surface area contributed by atoms with E-state index in [4.69, 9.17) is 9.15 Å². The number of para-hydroxylation sites is 1. The smallest absolute Gasteiger partial charge is 0.240 e. The fourth-order valence-electron chi connectivity index (χ4n) is 3.35. The Labute approximate surface area is 179 Å². The molecule has 2 aromatic carbocycles. The van der Waals surface area contributed by atoms with Crippen LogP contribution in [0.1, 0.15) is 23.0 Å². The van der Waals surface area contributed by atoms with Gasteiger partial charge in [0.1, 0.15) is 18.1 Å². The average molecular weight is 423 g/mol. The van der Waals surface area contributed by atoms with Crippen molar-refractivity contribution in [3.8, 4) is 5.75 Å². The summed E-state index contributed by atoms with van der Waals surface area (Å²) in [6.07, 6.45) is 1.86. The molecular weight excluding hydrogens is 400 g/mol. The van der Waals surface area contributed by atoms with Crippen LogP contribution in [0.15, 0.2) is 76.2 Å². The maximum absolute atomic E-state index is 13.1. The van der Waals surface area contributed by atoms with Gasteiger partial charge in [-0.2, -0.15) is 0 Å². The maximum Gasteiger partial charge on any atom is 0.240 e. The van der Waals surface area contributed by atoms with Crippen LogP contribution < -0.4 is 15.0 Å². The summed E-state index contributed by atoms with van der Waals surface area (Å²) < 4.78 is 10.5. The molecule has 2 amide bonds. The lowest BCUT2D eigenvalue weighted by Gasteiger charge is -2.22. The first kappa shape index (κ1) is 20.1. The van der Waals surface area contributed by atoms with Crippen molar-refractivity contribution in [3.63, 3.8) is 0 Å². The van der Waals surface area contributed by atoms with Crippen molar-refractivity contribution in [3.05, 3.63) is 78.3 Å². The molecule has 1 atom stereocenters. The van der Waals surface area contributed by atoms with Gasteiger partial charge >= 0.3 is 0 Å². The molecule has 1 unspecified atom stereocenters. The van der Waals surface area contributed by atoms with E-state index in [0.717, 1.165) is 21.9 Å². The Hall–Kier alpha value is -3.19. The van der Waals surface area contributed by atoms with Crippen LogP contribution in [0.25, 0.3) is 0 Å². The van der Waals surface area contributed by atoms with Gasteiger partial charge in [0, 0.05) is 16.6 Å². The summed E-state index contributed by atoms with van der Waals surface area (Å²) in [5.41, 5.74) is 1.81. The van der Waals surface area contributed by atoms with Crippen LogP contribution >= 0.6 is 11.8 Å². The minimum absolute atomic E-state index is 0.0353. The van der Waals surface area contributed by atoms with E-state index in [-0.39, 0.29) is 23.6 Å². The van der Waals surface area contributed by atoms with Crippen LogP contribution in [-0.4, -0.2) is 25.5 Å². The molecule has 7 heteroatoms. The van der Waals surface area contributed by atoms with E-state index in [1.807, 2.05) is 48.5 Å². The number of fused-ring (bicyclic) bond motifs is 1. The minimum Gasteiger partial charge on any atom is -0.497 e. The number of thioether (sulfide) groups is 1. The number of amides is 2. The van der Waals surface area contributed by atoms with E-state index < -0.39 is 0 Å². The van der Waals surface area contributed by atoms with Gasteiger partial charge in [-0.3, -0.25) is 9.59 Å². The molecule has 0 radical (unpaired) electrons. The van der Waals surface area contributed by atoms with Gasteiger partial charge in [0.25, 0.3) is 0 Å². The highest BCUT2D eigenvalue weighted by atomic mass is 32.2. The zero-order valence-corrected chi connectivity index (χ0v) is 17.4. The SMILES string of the molecule is COc1ccc(C2CC(=O)N(CC(=O)NCc3ccco3)c3ccccc3S2)cc1. The van der Waals surface area contributed by atoms with Crippen molar-refractivity contribution in [2.75, 3.05) is 18.6 Å². The molecule has 0 saturated carbocycles. The van der Waals surface area contributed by atoms with Crippen molar-refractivity contribution < 1.29 is 18.7 Å². The highest BCUT2D eigenvalue weighted by Crippen LogP contribution is 2.45. The molecule has 154 valence electrons. The van der Waals surface area contributed by atoms with E-state index in [9.17, 15) is 9.59 Å². The van der Waals surface area contributed by atoms with Crippen molar-refractivity contribution in [2.24, 2.45) is 0 Å². The van der Waals surface area contributed by atoms with Crippen LogP contribution in [-0.2, 0) is 16.1 Å². The van der Waals surface area contributed by atoms with Crippen LogP contribution in [0.5, 0.6) is 5.75 Å². The summed E-state index contributed by atoms with van der Waals surface area (Å²) >= 11 is 1.64. The molecule has 4 rings (SSSR count). The third-order valence-electron chi connectivity index (χ3n) is 4.92. The van der Waals surface area contributed by atoms with Gasteiger partial charge in [0.2, 0.25) is 11.8 Å². The van der Waals surface area contributed by atoms with Crippen LogP contribution in [0.2, 0.25) is 0 Å². The average Bonchev–Trinajstić information content (AvgIpc) is 3.25. The second-order valence-electron chi connectivity index (χ2n) is 6.89. The third-order valence-corrected chi connectivity index (χ3v) is 6.24. The van der Waals surface area contributed by atoms with E-state index in [1.165, 1.54) is 0 Å². The molecule has 30 heavy (non-hydrogen) atoms. The van der Waals surface area contributed by atoms with Crippen LogP contribution in [0.4, 0.5) is 5.69 Å². The number of benzene rings is 2. The van der Waals surface area contributed by atoms with Gasteiger partial charge in [0.05, 0.1) is 25.6 Å². The molecule has 1 aliphatic heterocycles. The normalized spacial score (nSPS) is 16.0. The largest absolute Gasteiger partial charge is 0.497 e. The first-order chi connectivity index (χ1) is 14.6. The quantitative estimate of drug-likeness (QED) is 0.645. The van der Waals surface area contributed by atoms with Crippen LogP contribution in [0.3, 0.4) is 0 Å². The number of methoxy groups -OCH3 is 1. The Morgan fingerprint density at radius 3 is 2.70 bits per heavy atom. The molecule has 0 saturated heterocycles. The lowest BCUT2D eigenvalue weighted by Crippen LogP contribution is -2.40. The standard InChI is InChI=1S/C23H22N2O4S/c1-28-17-10-8-16(9-11-17)21-13-23(27)25(19-6-2-3-7-20(19)30-21)15-22(26)24-14-18-5-4-12-29-18/h2-12,21H,13-15H2,1H3,(H,24,26). The predicted octanol–water partition coefficient (Wildman–Crippen LogP) is 4.17. The number of anilines is 1. The fourth-order valence-corrected chi connectivity index (χ4v) is 4.64. The number of carbonyl (C=O) groups excluding carboxylic acids is 2. The Kier molecular flexibility index (Phi) is 6.09. The first-order valence-corrected chi connectivity index (χ1v) is 10.5. The van der Waals surface area contributed by atoms with Crippen molar-refractivity contribution in [2.45, 2.75) is 23.1 Å². The maximum atomic E-state index is 13.1. The lowest BCUT2D eigenvalue weighted by molar-refractivity contribution is -0.124. The molecule has 0 fully saturated rings. The number of hydrogen-bond donors (Lipinski definition) is 1. The lowest BCUT2D eigenvalue weighted by atomic mass is 10.1. The highest BCUT2D eigenvalue weighted by Gasteiger charge is 2.30. The molecule has 1 N–H and O–H groups in total. The number of hydrogen-bond acceptors (Lipinski definition) is 5. The number of nitrogens with one attached hydrogen (secondary N) is 1. The van der Waals surface area contributed by atoms with Gasteiger partial charge in [-0.15, -0.1) is 11.8 Å². The molecule has 0 spiro atoms. The topological polar surface area (TPSA) is 71.8 Å².